The van der Waals surface area contributed by atoms with Gasteiger partial charge in [0, 0.05) is 6.54 Å². The first kappa shape index (κ1) is 11.2. The number of aromatic nitrogens is 1. The van der Waals surface area contributed by atoms with Crippen LogP contribution in [0.3, 0.4) is 0 Å². The third-order valence-electron chi connectivity index (χ3n) is 1.82. The van der Waals surface area contributed by atoms with Gasteiger partial charge in [0.25, 0.3) is 6.43 Å². The van der Waals surface area contributed by atoms with E-state index < -0.39 is 12.1 Å². The number of nitriles is 1. The van der Waals surface area contributed by atoms with Crippen LogP contribution in [0.25, 0.3) is 0 Å². The topological polar surface area (TPSA) is 79.8 Å². The molecule has 1 aromatic rings. The summed E-state index contributed by atoms with van der Waals surface area (Å²) in [4.78, 5) is 13.9. The zero-order valence-electron chi connectivity index (χ0n) is 7.58. The maximum Gasteiger partial charge on any atom is 0.281 e. The van der Waals surface area contributed by atoms with Gasteiger partial charge in [0.15, 0.2) is 6.29 Å². The third kappa shape index (κ3) is 2.14. The Morgan fingerprint density at radius 2 is 2.33 bits per heavy atom. The quantitative estimate of drug-likeness (QED) is 0.761. The van der Waals surface area contributed by atoms with Crippen molar-refractivity contribution in [3.63, 3.8) is 0 Å². The van der Waals surface area contributed by atoms with Crippen LogP contribution in [0.4, 0.5) is 8.78 Å². The summed E-state index contributed by atoms with van der Waals surface area (Å²) in [6.45, 7) is -0.0285. The zero-order valence-corrected chi connectivity index (χ0v) is 7.58. The van der Waals surface area contributed by atoms with E-state index in [0.717, 1.165) is 6.07 Å². The molecule has 0 bridgehead atoms. The maximum atomic E-state index is 12.4. The number of pyridine rings is 1. The monoisotopic (exact) mass is 211 g/mol. The largest absolute Gasteiger partial charge is 0.326 e. The molecular weight excluding hydrogens is 204 g/mol. The van der Waals surface area contributed by atoms with Gasteiger partial charge in [0.1, 0.15) is 17.5 Å². The highest BCUT2D eigenvalue weighted by Crippen LogP contribution is 2.22. The highest BCUT2D eigenvalue weighted by molar-refractivity contribution is 5.74. The molecule has 0 aromatic carbocycles. The molecule has 4 nitrogen and oxygen atoms in total. The number of hydrogen-bond donors (Lipinski definition) is 1. The van der Waals surface area contributed by atoms with Crippen LogP contribution in [0.2, 0.25) is 0 Å². The molecule has 1 heterocycles. The van der Waals surface area contributed by atoms with Crippen LogP contribution in [0.1, 0.15) is 33.7 Å². The minimum atomic E-state index is -2.88. The Kier molecular flexibility index (Phi) is 3.42. The van der Waals surface area contributed by atoms with Crippen LogP contribution in [0.5, 0.6) is 0 Å². The summed E-state index contributed by atoms with van der Waals surface area (Å²) in [6, 6.07) is 2.75. The van der Waals surface area contributed by atoms with Gasteiger partial charge in [-0.3, -0.25) is 4.79 Å². The van der Waals surface area contributed by atoms with Crippen molar-refractivity contribution in [2.45, 2.75) is 13.0 Å². The molecule has 0 radical (unpaired) electrons. The standard InChI is InChI=1S/C9H7F2N3O/c10-9(11)8-6(3-13)1-5(2-12)7(4-15)14-8/h1,4,9H,2,12H2. The molecule has 0 aliphatic carbocycles. The first-order chi connectivity index (χ1) is 7.13. The fourth-order valence-electron chi connectivity index (χ4n) is 1.11. The third-order valence-corrected chi connectivity index (χ3v) is 1.82. The van der Waals surface area contributed by atoms with E-state index in [1.165, 1.54) is 0 Å². The molecule has 1 aromatic heterocycles. The average molecular weight is 211 g/mol. The second kappa shape index (κ2) is 4.57. The van der Waals surface area contributed by atoms with Crippen molar-refractivity contribution < 1.29 is 13.6 Å². The first-order valence-corrected chi connectivity index (χ1v) is 4.01. The van der Waals surface area contributed by atoms with E-state index in [2.05, 4.69) is 4.98 Å². The van der Waals surface area contributed by atoms with Gasteiger partial charge >= 0.3 is 0 Å². The molecule has 78 valence electrons. The number of carbonyl (C=O) groups excluding carboxylic acids is 1. The van der Waals surface area contributed by atoms with Crippen molar-refractivity contribution in [2.24, 2.45) is 5.73 Å². The summed E-state index contributed by atoms with van der Waals surface area (Å²) < 4.78 is 24.8. The Morgan fingerprint density at radius 3 is 2.73 bits per heavy atom. The Balaban J connectivity index is 3.42. The molecular formula is C9H7F2N3O. The maximum absolute atomic E-state index is 12.4. The lowest BCUT2D eigenvalue weighted by atomic mass is 10.1. The predicted molar refractivity (Wildman–Crippen MR) is 47.2 cm³/mol. The normalized spacial score (nSPS) is 10.1. The minimum absolute atomic E-state index is 0.0285. The minimum Gasteiger partial charge on any atom is -0.326 e. The fourth-order valence-corrected chi connectivity index (χ4v) is 1.11. The van der Waals surface area contributed by atoms with E-state index >= 15 is 0 Å². The van der Waals surface area contributed by atoms with Gasteiger partial charge in [-0.15, -0.1) is 0 Å². The lowest BCUT2D eigenvalue weighted by Crippen LogP contribution is -2.08. The van der Waals surface area contributed by atoms with Gasteiger partial charge < -0.3 is 5.73 Å². The molecule has 0 unspecified atom stereocenters. The fraction of sp³-hybridized carbons (Fsp3) is 0.222. The second-order valence-electron chi connectivity index (χ2n) is 2.70. The van der Waals surface area contributed by atoms with Gasteiger partial charge in [-0.2, -0.15) is 5.26 Å². The van der Waals surface area contributed by atoms with Gasteiger partial charge in [0.05, 0.1) is 5.56 Å². The van der Waals surface area contributed by atoms with Crippen LogP contribution in [0.15, 0.2) is 6.07 Å². The molecule has 1 rings (SSSR count). The predicted octanol–water partition coefficient (Wildman–Crippen LogP) is 1.16. The van der Waals surface area contributed by atoms with Crippen molar-refractivity contribution in [2.75, 3.05) is 0 Å². The van der Waals surface area contributed by atoms with Crippen molar-refractivity contribution in [3.05, 3.63) is 28.6 Å². The molecule has 0 amide bonds. The Hall–Kier alpha value is -1.87. The van der Waals surface area contributed by atoms with Crippen LogP contribution in [-0.4, -0.2) is 11.3 Å². The molecule has 0 saturated carbocycles. The Labute approximate surface area is 84.3 Å². The highest BCUT2D eigenvalue weighted by Gasteiger charge is 2.17. The van der Waals surface area contributed by atoms with Crippen molar-refractivity contribution in [3.8, 4) is 6.07 Å². The average Bonchev–Trinajstić information content (AvgIpc) is 2.26. The van der Waals surface area contributed by atoms with E-state index in [0.29, 0.717) is 6.29 Å². The number of halogens is 2. The van der Waals surface area contributed by atoms with Gasteiger partial charge in [-0.1, -0.05) is 0 Å². The summed E-state index contributed by atoms with van der Waals surface area (Å²) in [6.07, 6.45) is -2.54. The molecule has 6 heteroatoms. The number of carbonyl (C=O) groups is 1. The second-order valence-corrected chi connectivity index (χ2v) is 2.70. The lowest BCUT2D eigenvalue weighted by Gasteiger charge is -2.06. The number of alkyl halides is 2. The summed E-state index contributed by atoms with van der Waals surface area (Å²) in [7, 11) is 0. The highest BCUT2D eigenvalue weighted by atomic mass is 19.3. The molecule has 0 spiro atoms. The Morgan fingerprint density at radius 1 is 1.67 bits per heavy atom. The summed E-state index contributed by atoms with van der Waals surface area (Å²) in [5.74, 6) is 0. The molecule has 2 N–H and O–H groups in total. The van der Waals surface area contributed by atoms with Crippen molar-refractivity contribution in [1.82, 2.24) is 4.98 Å². The summed E-state index contributed by atoms with van der Waals surface area (Å²) in [5, 5.41) is 8.60. The van der Waals surface area contributed by atoms with Crippen LogP contribution >= 0.6 is 0 Å². The molecule has 0 atom stereocenters. The van der Waals surface area contributed by atoms with Crippen LogP contribution < -0.4 is 5.73 Å². The summed E-state index contributed by atoms with van der Waals surface area (Å²) >= 11 is 0. The molecule has 0 fully saturated rings. The molecule has 0 aliphatic heterocycles. The lowest BCUT2D eigenvalue weighted by molar-refractivity contribution is 0.111. The number of nitrogens with zero attached hydrogens (tertiary/aromatic N) is 2. The molecule has 0 saturated heterocycles. The number of aldehydes is 1. The van der Waals surface area contributed by atoms with Gasteiger partial charge in [0.2, 0.25) is 0 Å². The van der Waals surface area contributed by atoms with E-state index in [1.54, 1.807) is 6.07 Å². The van der Waals surface area contributed by atoms with Crippen LogP contribution in [0, 0.1) is 11.3 Å². The Bertz CT molecular complexity index is 426. The first-order valence-electron chi connectivity index (χ1n) is 4.01. The number of nitrogens with two attached hydrogens (primary N) is 1. The van der Waals surface area contributed by atoms with Gasteiger partial charge in [-0.05, 0) is 11.6 Å². The van der Waals surface area contributed by atoms with Gasteiger partial charge in [-0.25, -0.2) is 13.8 Å². The van der Waals surface area contributed by atoms with E-state index in [1.807, 2.05) is 0 Å². The number of hydrogen-bond acceptors (Lipinski definition) is 4. The van der Waals surface area contributed by atoms with E-state index in [-0.39, 0.29) is 23.4 Å². The van der Waals surface area contributed by atoms with Crippen LogP contribution in [-0.2, 0) is 6.54 Å². The molecule has 15 heavy (non-hydrogen) atoms. The smallest absolute Gasteiger partial charge is 0.281 e. The number of rotatable bonds is 3. The summed E-state index contributed by atoms with van der Waals surface area (Å²) in [5.41, 5.74) is 4.48. The van der Waals surface area contributed by atoms with E-state index in [9.17, 15) is 13.6 Å². The SMILES string of the molecule is N#Cc1cc(CN)c(C=O)nc1C(F)F. The van der Waals surface area contributed by atoms with Crippen molar-refractivity contribution in [1.29, 1.82) is 5.26 Å². The zero-order chi connectivity index (χ0) is 11.4. The van der Waals surface area contributed by atoms with Crippen molar-refractivity contribution >= 4 is 6.29 Å². The van der Waals surface area contributed by atoms with E-state index in [4.69, 9.17) is 11.0 Å². The molecule has 0 aliphatic rings.